The number of carbonyl (C=O) groups excluding carboxylic acids is 1. The second-order valence-corrected chi connectivity index (χ2v) is 11.4. The molecule has 1 fully saturated rings. The predicted octanol–water partition coefficient (Wildman–Crippen LogP) is 5.37. The predicted molar refractivity (Wildman–Crippen MR) is 177 cm³/mol. The molecule has 0 radical (unpaired) electrons. The van der Waals surface area contributed by atoms with E-state index in [-0.39, 0.29) is 17.7 Å². The Kier molecular flexibility index (Phi) is 10.8. The van der Waals surface area contributed by atoms with Crippen molar-refractivity contribution in [3.8, 4) is 23.0 Å². The largest absolute Gasteiger partial charge is 0.497 e. The monoisotopic (exact) mass is 612 g/mol. The molecule has 3 atom stereocenters. The molecule has 0 saturated heterocycles. The van der Waals surface area contributed by atoms with Crippen molar-refractivity contribution < 1.29 is 28.8 Å². The van der Waals surface area contributed by atoms with Crippen molar-refractivity contribution in [1.29, 1.82) is 0 Å². The summed E-state index contributed by atoms with van der Waals surface area (Å²) in [6.45, 7) is 5.49. The average molecular weight is 613 g/mol. The third-order valence-electron chi connectivity index (χ3n) is 8.79. The Morgan fingerprint density at radius 3 is 1.71 bits per heavy atom. The summed E-state index contributed by atoms with van der Waals surface area (Å²) in [6.07, 6.45) is 7.62. The summed E-state index contributed by atoms with van der Waals surface area (Å²) in [6, 6.07) is 23.2. The number of aliphatic hydroxyl groups is 1. The first-order valence-electron chi connectivity index (χ1n) is 15.6. The number of methoxy groups -OCH3 is 2. The van der Waals surface area contributed by atoms with Gasteiger partial charge in [-0.3, -0.25) is 9.69 Å². The van der Waals surface area contributed by atoms with Gasteiger partial charge in [-0.2, -0.15) is 0 Å². The van der Waals surface area contributed by atoms with E-state index in [9.17, 15) is 9.90 Å². The lowest BCUT2D eigenvalue weighted by Crippen LogP contribution is -2.53. The van der Waals surface area contributed by atoms with Crippen LogP contribution in [0.3, 0.4) is 0 Å². The van der Waals surface area contributed by atoms with Crippen molar-refractivity contribution in [3.05, 3.63) is 103 Å². The Labute approximate surface area is 266 Å². The molecular weight excluding hydrogens is 568 g/mol. The SMILES string of the molecule is CCN(CCOc1ccc(OC)cc1)c1ccc(C2C(=O)C(C3C=CC(N(C)CCOc4ccc(OC)cc4)C=C3)C2O)cc1. The Balaban J connectivity index is 1.08. The van der Waals surface area contributed by atoms with Crippen LogP contribution in [-0.2, 0) is 4.79 Å². The minimum atomic E-state index is -0.713. The van der Waals surface area contributed by atoms with Crippen LogP contribution in [0.1, 0.15) is 18.4 Å². The van der Waals surface area contributed by atoms with Crippen molar-refractivity contribution >= 4 is 11.5 Å². The van der Waals surface area contributed by atoms with Gasteiger partial charge in [-0.05, 0) is 80.2 Å². The van der Waals surface area contributed by atoms with Crippen LogP contribution < -0.4 is 23.8 Å². The van der Waals surface area contributed by atoms with Gasteiger partial charge in [0.25, 0.3) is 0 Å². The van der Waals surface area contributed by atoms with Crippen molar-refractivity contribution in [3.63, 3.8) is 0 Å². The first-order valence-corrected chi connectivity index (χ1v) is 15.6. The van der Waals surface area contributed by atoms with Gasteiger partial charge >= 0.3 is 0 Å². The van der Waals surface area contributed by atoms with Gasteiger partial charge in [-0.1, -0.05) is 36.4 Å². The fourth-order valence-corrected chi connectivity index (χ4v) is 5.99. The van der Waals surface area contributed by atoms with Gasteiger partial charge in [0.1, 0.15) is 42.0 Å². The zero-order valence-electron chi connectivity index (χ0n) is 26.5. The molecule has 2 aliphatic carbocycles. The smallest absolute Gasteiger partial charge is 0.149 e. The first-order chi connectivity index (χ1) is 21.9. The number of carbonyl (C=O) groups is 1. The van der Waals surface area contributed by atoms with Crippen LogP contribution in [0.2, 0.25) is 0 Å². The molecule has 0 bridgehead atoms. The lowest BCUT2D eigenvalue weighted by atomic mass is 9.62. The Morgan fingerprint density at radius 1 is 0.711 bits per heavy atom. The lowest BCUT2D eigenvalue weighted by molar-refractivity contribution is -0.146. The van der Waals surface area contributed by atoms with E-state index in [2.05, 4.69) is 41.0 Å². The molecule has 0 amide bonds. The van der Waals surface area contributed by atoms with Gasteiger partial charge in [0.05, 0.1) is 38.7 Å². The fraction of sp³-hybridized carbons (Fsp3) is 0.378. The number of ether oxygens (including phenoxy) is 4. The van der Waals surface area contributed by atoms with Crippen LogP contribution in [0.15, 0.2) is 97.1 Å². The molecule has 5 rings (SSSR count). The summed E-state index contributed by atoms with van der Waals surface area (Å²) in [5, 5.41) is 11.1. The van der Waals surface area contributed by atoms with Gasteiger partial charge < -0.3 is 29.0 Å². The molecule has 0 aliphatic heterocycles. The molecule has 0 aromatic heterocycles. The van der Waals surface area contributed by atoms with E-state index in [4.69, 9.17) is 18.9 Å². The van der Waals surface area contributed by atoms with Gasteiger partial charge in [-0.15, -0.1) is 0 Å². The van der Waals surface area contributed by atoms with E-state index in [1.165, 1.54) is 0 Å². The van der Waals surface area contributed by atoms with Crippen molar-refractivity contribution in [2.24, 2.45) is 11.8 Å². The van der Waals surface area contributed by atoms with Crippen LogP contribution in [0.4, 0.5) is 5.69 Å². The number of ketones is 1. The zero-order valence-corrected chi connectivity index (χ0v) is 26.5. The summed E-state index contributed by atoms with van der Waals surface area (Å²) in [5.74, 6) is 2.27. The van der Waals surface area contributed by atoms with Crippen LogP contribution in [0, 0.1) is 11.8 Å². The van der Waals surface area contributed by atoms with Crippen LogP contribution in [-0.4, -0.2) is 82.1 Å². The number of benzene rings is 3. The molecule has 45 heavy (non-hydrogen) atoms. The minimum absolute atomic E-state index is 0.0921. The summed E-state index contributed by atoms with van der Waals surface area (Å²) in [7, 11) is 5.34. The summed E-state index contributed by atoms with van der Waals surface area (Å²) in [5.41, 5.74) is 1.91. The minimum Gasteiger partial charge on any atom is -0.497 e. The normalized spacial score (nSPS) is 22.2. The molecule has 0 heterocycles. The number of aliphatic hydroxyl groups excluding tert-OH is 1. The highest BCUT2D eigenvalue weighted by atomic mass is 16.5. The van der Waals surface area contributed by atoms with E-state index in [1.807, 2.05) is 79.8 Å². The highest BCUT2D eigenvalue weighted by molar-refractivity contribution is 5.96. The summed E-state index contributed by atoms with van der Waals surface area (Å²) < 4.78 is 22.2. The van der Waals surface area contributed by atoms with E-state index in [0.29, 0.717) is 13.2 Å². The fourth-order valence-electron chi connectivity index (χ4n) is 5.99. The second kappa shape index (κ2) is 15.1. The lowest BCUT2D eigenvalue weighted by Gasteiger charge is -2.43. The van der Waals surface area contributed by atoms with Crippen molar-refractivity contribution in [2.45, 2.75) is 25.0 Å². The molecule has 3 aromatic rings. The maximum Gasteiger partial charge on any atom is 0.149 e. The molecule has 2 aliphatic rings. The van der Waals surface area contributed by atoms with E-state index in [0.717, 1.165) is 53.9 Å². The molecule has 0 spiro atoms. The first kappa shape index (κ1) is 32.1. The zero-order chi connectivity index (χ0) is 31.8. The topological polar surface area (TPSA) is 80.7 Å². The molecule has 8 heteroatoms. The third kappa shape index (κ3) is 7.70. The van der Waals surface area contributed by atoms with E-state index < -0.39 is 17.9 Å². The molecule has 3 unspecified atom stereocenters. The standard InChI is InChI=1S/C37H44N2O6/c1-5-39(23-25-45-33-20-16-31(43-4)17-21-33)29-12-8-27(9-13-29)35-36(40)34(37(35)41)26-6-10-28(11-7-26)38(2)22-24-44-32-18-14-30(42-3)15-19-32/h6-21,26,28,34-36,40H,5,22-25H2,1-4H3. The number of rotatable bonds is 15. The second-order valence-electron chi connectivity index (χ2n) is 11.4. The Hall–Kier alpha value is -4.27. The molecule has 8 nitrogen and oxygen atoms in total. The van der Waals surface area contributed by atoms with E-state index in [1.54, 1.807) is 14.2 Å². The van der Waals surface area contributed by atoms with Crippen LogP contribution in [0.25, 0.3) is 0 Å². The van der Waals surface area contributed by atoms with Crippen LogP contribution in [0.5, 0.6) is 23.0 Å². The van der Waals surface area contributed by atoms with E-state index >= 15 is 0 Å². The summed E-state index contributed by atoms with van der Waals surface area (Å²) in [4.78, 5) is 17.7. The molecule has 1 saturated carbocycles. The number of Topliss-reactive ketones (excluding diaryl/α,β-unsaturated/α-hetero) is 1. The highest BCUT2D eigenvalue weighted by Crippen LogP contribution is 2.44. The van der Waals surface area contributed by atoms with Gasteiger partial charge in [-0.25, -0.2) is 0 Å². The highest BCUT2D eigenvalue weighted by Gasteiger charge is 2.52. The number of hydrogen-bond acceptors (Lipinski definition) is 8. The number of allylic oxidation sites excluding steroid dienone is 2. The van der Waals surface area contributed by atoms with Gasteiger partial charge in [0.15, 0.2) is 0 Å². The number of anilines is 1. The molecular formula is C37H44N2O6. The molecule has 3 aromatic carbocycles. The summed E-state index contributed by atoms with van der Waals surface area (Å²) >= 11 is 0. The molecule has 1 N–H and O–H groups in total. The maximum absolute atomic E-state index is 13.3. The Morgan fingerprint density at radius 2 is 1.22 bits per heavy atom. The van der Waals surface area contributed by atoms with Crippen molar-refractivity contribution in [1.82, 2.24) is 4.90 Å². The van der Waals surface area contributed by atoms with Crippen molar-refractivity contribution in [2.75, 3.05) is 59.0 Å². The quantitative estimate of drug-likeness (QED) is 0.230. The maximum atomic E-state index is 13.3. The average Bonchev–Trinajstić information content (AvgIpc) is 3.08. The van der Waals surface area contributed by atoms with Gasteiger partial charge in [0, 0.05) is 30.7 Å². The number of nitrogens with zero attached hydrogens (tertiary/aromatic N) is 2. The Bertz CT molecular complexity index is 1420. The van der Waals surface area contributed by atoms with Crippen LogP contribution >= 0.6 is 0 Å². The number of hydrogen-bond donors (Lipinski definition) is 1. The molecule has 238 valence electrons. The number of likely N-dealkylation sites (N-methyl/N-ethyl adjacent to an activating group) is 2. The van der Waals surface area contributed by atoms with Gasteiger partial charge in [0.2, 0.25) is 0 Å². The third-order valence-corrected chi connectivity index (χ3v) is 8.79.